The molecule has 1 heterocycles. The molecule has 0 amide bonds. The average molecular weight is 294 g/mol. The van der Waals surface area contributed by atoms with E-state index in [1.54, 1.807) is 12.1 Å². The molecule has 0 aliphatic carbocycles. The minimum atomic E-state index is -0.0452. The van der Waals surface area contributed by atoms with E-state index < -0.39 is 0 Å². The maximum absolute atomic E-state index is 12.5. The van der Waals surface area contributed by atoms with Crippen LogP contribution in [0.5, 0.6) is 0 Å². The van der Waals surface area contributed by atoms with Crippen LogP contribution < -0.4 is 0 Å². The van der Waals surface area contributed by atoms with E-state index in [0.29, 0.717) is 10.4 Å². The Hall–Kier alpha value is -0.860. The number of hydrogen-bond acceptors (Lipinski definition) is 2. The van der Waals surface area contributed by atoms with Crippen molar-refractivity contribution in [2.45, 2.75) is 46.1 Å². The first-order chi connectivity index (χ1) is 9.51. The van der Waals surface area contributed by atoms with Gasteiger partial charge in [0.05, 0.1) is 6.04 Å². The molecule has 2 rings (SSSR count). The molecule has 1 unspecified atom stereocenters. The van der Waals surface area contributed by atoms with Crippen LogP contribution in [-0.2, 0) is 0 Å². The van der Waals surface area contributed by atoms with Crippen molar-refractivity contribution in [3.05, 3.63) is 34.9 Å². The Balaban J connectivity index is 2.07. The van der Waals surface area contributed by atoms with Gasteiger partial charge in [0.1, 0.15) is 0 Å². The molecule has 20 heavy (non-hydrogen) atoms. The second kappa shape index (κ2) is 6.28. The first-order valence-electron chi connectivity index (χ1n) is 7.55. The van der Waals surface area contributed by atoms with Crippen LogP contribution in [0.3, 0.4) is 0 Å². The first kappa shape index (κ1) is 15.5. The van der Waals surface area contributed by atoms with E-state index in [1.807, 2.05) is 19.1 Å². The Morgan fingerprint density at radius 2 is 1.90 bits per heavy atom. The highest BCUT2D eigenvalue weighted by molar-refractivity contribution is 6.30. The summed E-state index contributed by atoms with van der Waals surface area (Å²) >= 11 is 5.88. The SMILES string of the molecule is CCC1(CC)CCN(C(C)C(=O)c2ccc(Cl)cc2)C1. The molecule has 0 spiro atoms. The summed E-state index contributed by atoms with van der Waals surface area (Å²) in [5.74, 6) is 0.199. The minimum absolute atomic E-state index is 0.0452. The zero-order valence-electron chi connectivity index (χ0n) is 12.7. The molecular weight excluding hydrogens is 270 g/mol. The fourth-order valence-electron chi connectivity index (χ4n) is 3.15. The van der Waals surface area contributed by atoms with Gasteiger partial charge < -0.3 is 0 Å². The Morgan fingerprint density at radius 3 is 2.40 bits per heavy atom. The third kappa shape index (κ3) is 3.07. The molecule has 0 radical (unpaired) electrons. The Bertz CT molecular complexity index is 464. The molecule has 1 aliphatic rings. The van der Waals surface area contributed by atoms with E-state index in [9.17, 15) is 4.79 Å². The lowest BCUT2D eigenvalue weighted by molar-refractivity contribution is 0.0850. The highest BCUT2D eigenvalue weighted by Crippen LogP contribution is 2.38. The van der Waals surface area contributed by atoms with Crippen molar-refractivity contribution in [1.29, 1.82) is 0 Å². The van der Waals surface area contributed by atoms with Crippen molar-refractivity contribution in [1.82, 2.24) is 4.90 Å². The molecular formula is C17H24ClNO. The largest absolute Gasteiger partial charge is 0.293 e. The molecule has 110 valence electrons. The zero-order chi connectivity index (χ0) is 14.8. The molecule has 1 aromatic carbocycles. The molecule has 1 aliphatic heterocycles. The smallest absolute Gasteiger partial charge is 0.179 e. The monoisotopic (exact) mass is 293 g/mol. The van der Waals surface area contributed by atoms with Crippen LogP contribution in [0.15, 0.2) is 24.3 Å². The molecule has 0 bridgehead atoms. The highest BCUT2D eigenvalue weighted by Gasteiger charge is 2.38. The van der Waals surface area contributed by atoms with E-state index in [2.05, 4.69) is 18.7 Å². The predicted molar refractivity (Wildman–Crippen MR) is 84.4 cm³/mol. The quantitative estimate of drug-likeness (QED) is 0.749. The van der Waals surface area contributed by atoms with Crippen LogP contribution >= 0.6 is 11.6 Å². The van der Waals surface area contributed by atoms with Crippen LogP contribution in [-0.4, -0.2) is 29.8 Å². The summed E-state index contributed by atoms with van der Waals surface area (Å²) in [6.45, 7) is 8.62. The van der Waals surface area contributed by atoms with Gasteiger partial charge in [0.15, 0.2) is 5.78 Å². The Morgan fingerprint density at radius 1 is 1.30 bits per heavy atom. The van der Waals surface area contributed by atoms with Crippen LogP contribution in [0.4, 0.5) is 0 Å². The van der Waals surface area contributed by atoms with Gasteiger partial charge in [-0.1, -0.05) is 25.4 Å². The van der Waals surface area contributed by atoms with Crippen molar-refractivity contribution >= 4 is 17.4 Å². The van der Waals surface area contributed by atoms with Gasteiger partial charge >= 0.3 is 0 Å². The standard InChI is InChI=1S/C17H24ClNO/c1-4-17(5-2)10-11-19(12-17)13(3)16(20)14-6-8-15(18)9-7-14/h6-9,13H,4-5,10-12H2,1-3H3. The van der Waals surface area contributed by atoms with E-state index in [1.165, 1.54) is 19.3 Å². The fraction of sp³-hybridized carbons (Fsp3) is 0.588. The Labute approximate surface area is 127 Å². The lowest BCUT2D eigenvalue weighted by Crippen LogP contribution is -2.38. The maximum atomic E-state index is 12.5. The molecule has 1 saturated heterocycles. The number of likely N-dealkylation sites (tertiary alicyclic amines) is 1. The summed E-state index contributed by atoms with van der Waals surface area (Å²) in [7, 11) is 0. The zero-order valence-corrected chi connectivity index (χ0v) is 13.4. The van der Waals surface area contributed by atoms with Crippen molar-refractivity contribution in [2.75, 3.05) is 13.1 Å². The van der Waals surface area contributed by atoms with Crippen LogP contribution in [0.25, 0.3) is 0 Å². The van der Waals surface area contributed by atoms with Crippen molar-refractivity contribution in [3.8, 4) is 0 Å². The third-order valence-corrected chi connectivity index (χ3v) is 5.28. The van der Waals surface area contributed by atoms with Crippen LogP contribution in [0.2, 0.25) is 5.02 Å². The first-order valence-corrected chi connectivity index (χ1v) is 7.93. The highest BCUT2D eigenvalue weighted by atomic mass is 35.5. The van der Waals surface area contributed by atoms with Gasteiger partial charge in [-0.15, -0.1) is 0 Å². The van der Waals surface area contributed by atoms with Crippen molar-refractivity contribution in [3.63, 3.8) is 0 Å². The number of ketones is 1. The number of carbonyl (C=O) groups excluding carboxylic acids is 1. The van der Waals surface area contributed by atoms with E-state index in [0.717, 1.165) is 18.7 Å². The normalized spacial score (nSPS) is 20.0. The molecule has 1 fully saturated rings. The second-order valence-electron chi connectivity index (χ2n) is 5.97. The summed E-state index contributed by atoms with van der Waals surface area (Å²) in [6.07, 6.45) is 3.60. The number of carbonyl (C=O) groups is 1. The molecule has 3 heteroatoms. The summed E-state index contributed by atoms with van der Waals surface area (Å²) in [5, 5.41) is 0.673. The lowest BCUT2D eigenvalue weighted by atomic mass is 9.82. The topological polar surface area (TPSA) is 20.3 Å². The number of Topliss-reactive ketones (excluding diaryl/α,β-unsaturated/α-hetero) is 1. The van der Waals surface area contributed by atoms with Gasteiger partial charge in [-0.2, -0.15) is 0 Å². The van der Waals surface area contributed by atoms with Gasteiger partial charge in [-0.05, 0) is 62.4 Å². The van der Waals surface area contributed by atoms with E-state index in [-0.39, 0.29) is 11.8 Å². The van der Waals surface area contributed by atoms with Crippen molar-refractivity contribution in [2.24, 2.45) is 5.41 Å². The second-order valence-corrected chi connectivity index (χ2v) is 6.41. The summed E-state index contributed by atoms with van der Waals surface area (Å²) in [5.41, 5.74) is 1.17. The molecule has 1 atom stereocenters. The number of benzene rings is 1. The number of nitrogens with zero attached hydrogens (tertiary/aromatic N) is 1. The average Bonchev–Trinajstić information content (AvgIpc) is 2.92. The van der Waals surface area contributed by atoms with Crippen molar-refractivity contribution < 1.29 is 4.79 Å². The molecule has 0 saturated carbocycles. The summed E-state index contributed by atoms with van der Waals surface area (Å²) in [6, 6.07) is 7.17. The number of halogens is 1. The van der Waals surface area contributed by atoms with Gasteiger partial charge in [0.2, 0.25) is 0 Å². The minimum Gasteiger partial charge on any atom is -0.293 e. The van der Waals surface area contributed by atoms with E-state index in [4.69, 9.17) is 11.6 Å². The van der Waals surface area contributed by atoms with E-state index >= 15 is 0 Å². The van der Waals surface area contributed by atoms with Gasteiger partial charge in [-0.3, -0.25) is 9.69 Å². The molecule has 0 N–H and O–H groups in total. The number of rotatable bonds is 5. The maximum Gasteiger partial charge on any atom is 0.179 e. The van der Waals surface area contributed by atoms with Gasteiger partial charge in [-0.25, -0.2) is 0 Å². The predicted octanol–water partition coefficient (Wildman–Crippen LogP) is 4.42. The van der Waals surface area contributed by atoms with Crippen LogP contribution in [0.1, 0.15) is 50.4 Å². The fourth-order valence-corrected chi connectivity index (χ4v) is 3.27. The molecule has 2 nitrogen and oxygen atoms in total. The molecule has 1 aromatic rings. The van der Waals surface area contributed by atoms with Crippen LogP contribution in [0, 0.1) is 5.41 Å². The Kier molecular flexibility index (Phi) is 4.87. The third-order valence-electron chi connectivity index (χ3n) is 5.02. The summed E-state index contributed by atoms with van der Waals surface area (Å²) < 4.78 is 0. The molecule has 0 aromatic heterocycles. The number of hydrogen-bond donors (Lipinski definition) is 0. The van der Waals surface area contributed by atoms with Gasteiger partial charge in [0, 0.05) is 17.1 Å². The summed E-state index contributed by atoms with van der Waals surface area (Å²) in [4.78, 5) is 14.9. The van der Waals surface area contributed by atoms with Gasteiger partial charge in [0.25, 0.3) is 0 Å². The lowest BCUT2D eigenvalue weighted by Gasteiger charge is -2.29.